The van der Waals surface area contributed by atoms with E-state index in [1.807, 2.05) is 18.0 Å². The van der Waals surface area contributed by atoms with E-state index in [1.54, 1.807) is 4.68 Å². The molecule has 1 aliphatic rings. The largest absolute Gasteiger partial charge is 0.341 e. The second-order valence-electron chi connectivity index (χ2n) is 5.43. The molecule has 1 saturated heterocycles. The second-order valence-corrected chi connectivity index (χ2v) is 5.43. The van der Waals surface area contributed by atoms with Crippen molar-refractivity contribution in [2.45, 2.75) is 52.2 Å². The minimum atomic E-state index is -0.265. The SMILES string of the molecule is CC(C)NCc1cn(C(C)C(=O)N2CCCC2)nn1. The molecule has 1 N–H and O–H groups in total. The average molecular weight is 265 g/mol. The molecule has 0 spiro atoms. The maximum absolute atomic E-state index is 12.2. The molecule has 1 amide bonds. The predicted octanol–water partition coefficient (Wildman–Crippen LogP) is 0.959. The Labute approximate surface area is 114 Å². The first-order valence-corrected chi connectivity index (χ1v) is 7.01. The maximum Gasteiger partial charge on any atom is 0.247 e. The first-order valence-electron chi connectivity index (χ1n) is 7.01. The molecule has 0 aliphatic carbocycles. The highest BCUT2D eigenvalue weighted by Crippen LogP contribution is 2.15. The van der Waals surface area contributed by atoms with E-state index in [0.29, 0.717) is 12.6 Å². The Hall–Kier alpha value is -1.43. The van der Waals surface area contributed by atoms with Gasteiger partial charge in [-0.15, -0.1) is 5.10 Å². The molecular formula is C13H23N5O. The van der Waals surface area contributed by atoms with Gasteiger partial charge in [-0.1, -0.05) is 19.1 Å². The summed E-state index contributed by atoms with van der Waals surface area (Å²) >= 11 is 0. The lowest BCUT2D eigenvalue weighted by Crippen LogP contribution is -2.34. The van der Waals surface area contributed by atoms with Gasteiger partial charge in [0.25, 0.3) is 0 Å². The van der Waals surface area contributed by atoms with Crippen molar-refractivity contribution in [3.05, 3.63) is 11.9 Å². The Kier molecular flexibility index (Phi) is 4.52. The van der Waals surface area contributed by atoms with Crippen molar-refractivity contribution in [2.75, 3.05) is 13.1 Å². The summed E-state index contributed by atoms with van der Waals surface area (Å²) in [6, 6.07) is 0.146. The summed E-state index contributed by atoms with van der Waals surface area (Å²) in [6.07, 6.45) is 4.08. The van der Waals surface area contributed by atoms with Crippen LogP contribution in [0.4, 0.5) is 0 Å². The van der Waals surface area contributed by atoms with Gasteiger partial charge in [0.1, 0.15) is 6.04 Å². The average Bonchev–Trinajstić information content (AvgIpc) is 3.05. The smallest absolute Gasteiger partial charge is 0.247 e. The van der Waals surface area contributed by atoms with Crippen molar-refractivity contribution in [2.24, 2.45) is 0 Å². The number of hydrogen-bond donors (Lipinski definition) is 1. The lowest BCUT2D eigenvalue weighted by Gasteiger charge is -2.19. The lowest BCUT2D eigenvalue weighted by atomic mass is 10.3. The molecule has 1 atom stereocenters. The third-order valence-corrected chi connectivity index (χ3v) is 3.42. The molecule has 106 valence electrons. The highest BCUT2D eigenvalue weighted by Gasteiger charge is 2.25. The van der Waals surface area contributed by atoms with E-state index in [2.05, 4.69) is 29.5 Å². The fourth-order valence-electron chi connectivity index (χ4n) is 2.21. The van der Waals surface area contributed by atoms with Gasteiger partial charge in [-0.05, 0) is 19.8 Å². The highest BCUT2D eigenvalue weighted by atomic mass is 16.2. The molecule has 0 radical (unpaired) electrons. The molecule has 0 saturated carbocycles. The maximum atomic E-state index is 12.2. The molecular weight excluding hydrogens is 242 g/mol. The molecule has 0 aromatic carbocycles. The van der Waals surface area contributed by atoms with Crippen molar-refractivity contribution in [1.29, 1.82) is 0 Å². The Balaban J connectivity index is 1.95. The lowest BCUT2D eigenvalue weighted by molar-refractivity contribution is -0.133. The summed E-state index contributed by atoms with van der Waals surface area (Å²) in [5, 5.41) is 11.5. The van der Waals surface area contributed by atoms with Crippen molar-refractivity contribution < 1.29 is 4.79 Å². The van der Waals surface area contributed by atoms with Gasteiger partial charge in [0.15, 0.2) is 0 Å². The van der Waals surface area contributed by atoms with Gasteiger partial charge in [-0.2, -0.15) is 0 Å². The predicted molar refractivity (Wildman–Crippen MR) is 72.5 cm³/mol. The number of carbonyl (C=O) groups is 1. The minimum Gasteiger partial charge on any atom is -0.341 e. The highest BCUT2D eigenvalue weighted by molar-refractivity contribution is 5.80. The van der Waals surface area contributed by atoms with Crippen LogP contribution in [-0.4, -0.2) is 44.9 Å². The Morgan fingerprint density at radius 3 is 2.68 bits per heavy atom. The summed E-state index contributed by atoms with van der Waals surface area (Å²) in [4.78, 5) is 14.2. The monoisotopic (exact) mass is 265 g/mol. The first-order chi connectivity index (χ1) is 9.08. The molecule has 2 rings (SSSR count). The van der Waals surface area contributed by atoms with Gasteiger partial charge >= 0.3 is 0 Å². The van der Waals surface area contributed by atoms with E-state index in [1.165, 1.54) is 0 Å². The zero-order valence-corrected chi connectivity index (χ0v) is 12.0. The van der Waals surface area contributed by atoms with Gasteiger partial charge < -0.3 is 10.2 Å². The van der Waals surface area contributed by atoms with Gasteiger partial charge in [0.2, 0.25) is 5.91 Å². The fourth-order valence-corrected chi connectivity index (χ4v) is 2.21. The molecule has 1 aliphatic heterocycles. The van der Waals surface area contributed by atoms with Gasteiger partial charge in [0.05, 0.1) is 11.9 Å². The van der Waals surface area contributed by atoms with Crippen LogP contribution < -0.4 is 5.32 Å². The molecule has 1 aromatic heterocycles. The summed E-state index contributed by atoms with van der Waals surface area (Å²) in [5.41, 5.74) is 0.870. The molecule has 2 heterocycles. The van der Waals surface area contributed by atoms with Crippen LogP contribution in [-0.2, 0) is 11.3 Å². The van der Waals surface area contributed by atoms with Crippen LogP contribution in [0, 0.1) is 0 Å². The quantitative estimate of drug-likeness (QED) is 0.861. The normalized spacial score (nSPS) is 17.2. The second kappa shape index (κ2) is 6.14. The van der Waals surface area contributed by atoms with Gasteiger partial charge in [-0.25, -0.2) is 4.68 Å². The van der Waals surface area contributed by atoms with E-state index in [0.717, 1.165) is 31.6 Å². The number of hydrogen-bond acceptors (Lipinski definition) is 4. The number of carbonyl (C=O) groups excluding carboxylic acids is 1. The van der Waals surface area contributed by atoms with Crippen LogP contribution >= 0.6 is 0 Å². The Morgan fingerprint density at radius 1 is 1.37 bits per heavy atom. The first kappa shape index (κ1) is 14.0. The van der Waals surface area contributed by atoms with Crippen molar-refractivity contribution in [3.63, 3.8) is 0 Å². The Morgan fingerprint density at radius 2 is 2.05 bits per heavy atom. The number of likely N-dealkylation sites (tertiary alicyclic amines) is 1. The topological polar surface area (TPSA) is 63.1 Å². The summed E-state index contributed by atoms with van der Waals surface area (Å²) in [7, 11) is 0. The van der Waals surface area contributed by atoms with E-state index >= 15 is 0 Å². The van der Waals surface area contributed by atoms with Gasteiger partial charge in [-0.3, -0.25) is 4.79 Å². The van der Waals surface area contributed by atoms with E-state index in [-0.39, 0.29) is 11.9 Å². The number of nitrogens with zero attached hydrogens (tertiary/aromatic N) is 4. The molecule has 1 unspecified atom stereocenters. The van der Waals surface area contributed by atoms with Gasteiger partial charge in [0, 0.05) is 25.7 Å². The Bertz CT molecular complexity index is 422. The summed E-state index contributed by atoms with van der Waals surface area (Å²) < 4.78 is 1.66. The fraction of sp³-hybridized carbons (Fsp3) is 0.769. The number of aromatic nitrogens is 3. The van der Waals surface area contributed by atoms with Crippen molar-refractivity contribution in [3.8, 4) is 0 Å². The van der Waals surface area contributed by atoms with Crippen LogP contribution in [0.2, 0.25) is 0 Å². The number of nitrogens with one attached hydrogen (secondary N) is 1. The molecule has 1 aromatic rings. The van der Waals surface area contributed by atoms with Crippen LogP contribution in [0.15, 0.2) is 6.20 Å². The molecule has 0 bridgehead atoms. The molecule has 19 heavy (non-hydrogen) atoms. The number of amides is 1. The number of rotatable bonds is 5. The van der Waals surface area contributed by atoms with Crippen LogP contribution in [0.25, 0.3) is 0 Å². The van der Waals surface area contributed by atoms with Crippen molar-refractivity contribution >= 4 is 5.91 Å². The van der Waals surface area contributed by atoms with E-state index in [4.69, 9.17) is 0 Å². The van der Waals surface area contributed by atoms with Crippen LogP contribution in [0.1, 0.15) is 45.3 Å². The standard InChI is InChI=1S/C13H23N5O/c1-10(2)14-8-12-9-18(16-15-12)11(3)13(19)17-6-4-5-7-17/h9-11,14H,4-8H2,1-3H3. The minimum absolute atomic E-state index is 0.144. The summed E-state index contributed by atoms with van der Waals surface area (Å²) in [6.45, 7) is 8.49. The van der Waals surface area contributed by atoms with Crippen LogP contribution in [0.3, 0.4) is 0 Å². The van der Waals surface area contributed by atoms with E-state index in [9.17, 15) is 4.79 Å². The summed E-state index contributed by atoms with van der Waals surface area (Å²) in [5.74, 6) is 0.144. The van der Waals surface area contributed by atoms with Crippen LogP contribution in [0.5, 0.6) is 0 Å². The third-order valence-electron chi connectivity index (χ3n) is 3.42. The zero-order chi connectivity index (χ0) is 13.8. The van der Waals surface area contributed by atoms with E-state index < -0.39 is 0 Å². The molecule has 6 heteroatoms. The molecule has 1 fully saturated rings. The third kappa shape index (κ3) is 3.53. The molecule has 6 nitrogen and oxygen atoms in total. The zero-order valence-electron chi connectivity index (χ0n) is 12.0. The van der Waals surface area contributed by atoms with Crippen molar-refractivity contribution in [1.82, 2.24) is 25.2 Å².